The fraction of sp³-hybridized carbons (Fsp3) is 0.0213. The van der Waals surface area contributed by atoms with E-state index in [1.54, 1.807) is 0 Å². The predicted octanol–water partition coefficient (Wildman–Crippen LogP) is 14.1. The number of benzene rings is 8. The first kappa shape index (κ1) is 28.5. The van der Waals surface area contributed by atoms with E-state index >= 15 is 0 Å². The highest BCUT2D eigenvalue weighted by Crippen LogP contribution is 2.45. The predicted molar refractivity (Wildman–Crippen MR) is 211 cm³/mol. The minimum absolute atomic E-state index is 1.21. The van der Waals surface area contributed by atoms with Crippen LogP contribution < -0.4 is 0 Å². The standard InChI is InChI=1S/C47H32S/c1-2-12-31-23-25-33(26-24-31)45-39-18-6-7-19-40(39)46(32-13-4-3-5-14-32)43-30-35(27-28-41(43)45)34-15-10-16-36(29-34)37-20-11-21-42-38-17-8-9-22-44(38)48-47(37)42/h2-30H,1H3/b12-2-. The van der Waals surface area contributed by atoms with Crippen molar-refractivity contribution in [3.05, 3.63) is 175 Å². The Morgan fingerprint density at radius 3 is 1.75 bits per heavy atom. The van der Waals surface area contributed by atoms with Gasteiger partial charge in [0.05, 0.1) is 0 Å². The summed E-state index contributed by atoms with van der Waals surface area (Å²) in [6.07, 6.45) is 4.24. The number of allylic oxidation sites excluding steroid dienone is 1. The van der Waals surface area contributed by atoms with Gasteiger partial charge in [-0.1, -0.05) is 158 Å². The van der Waals surface area contributed by atoms with Crippen molar-refractivity contribution in [1.82, 2.24) is 0 Å². The number of fused-ring (bicyclic) bond motifs is 5. The number of rotatable bonds is 5. The van der Waals surface area contributed by atoms with Crippen molar-refractivity contribution < 1.29 is 0 Å². The molecular weight excluding hydrogens is 597 g/mol. The second-order valence-electron chi connectivity index (χ2n) is 12.4. The molecule has 0 amide bonds. The molecule has 0 aliphatic rings. The zero-order chi connectivity index (χ0) is 32.0. The summed E-state index contributed by atoms with van der Waals surface area (Å²) in [5.74, 6) is 0. The van der Waals surface area contributed by atoms with E-state index in [2.05, 4.69) is 183 Å². The monoisotopic (exact) mass is 628 g/mol. The van der Waals surface area contributed by atoms with Gasteiger partial charge in [0.2, 0.25) is 0 Å². The van der Waals surface area contributed by atoms with E-state index in [0.29, 0.717) is 0 Å². The van der Waals surface area contributed by atoms with E-state index in [1.807, 2.05) is 11.3 Å². The minimum atomic E-state index is 1.21. The lowest BCUT2D eigenvalue weighted by molar-refractivity contribution is 1.61. The van der Waals surface area contributed by atoms with Crippen LogP contribution in [0.25, 0.3) is 92.3 Å². The maximum atomic E-state index is 2.42. The molecule has 1 heterocycles. The van der Waals surface area contributed by atoms with Gasteiger partial charge in [0.1, 0.15) is 0 Å². The lowest BCUT2D eigenvalue weighted by Crippen LogP contribution is -1.92. The molecular formula is C47H32S. The van der Waals surface area contributed by atoms with Crippen molar-refractivity contribution in [2.75, 3.05) is 0 Å². The minimum Gasteiger partial charge on any atom is -0.135 e. The van der Waals surface area contributed by atoms with Gasteiger partial charge in [-0.05, 0) is 96.7 Å². The van der Waals surface area contributed by atoms with Gasteiger partial charge in [-0.2, -0.15) is 0 Å². The summed E-state index contributed by atoms with van der Waals surface area (Å²) in [7, 11) is 0. The van der Waals surface area contributed by atoms with Crippen LogP contribution in [0.5, 0.6) is 0 Å². The van der Waals surface area contributed by atoms with Crippen LogP contribution in [0.3, 0.4) is 0 Å². The number of hydrogen-bond acceptors (Lipinski definition) is 1. The lowest BCUT2D eigenvalue weighted by Gasteiger charge is -2.19. The summed E-state index contributed by atoms with van der Waals surface area (Å²) in [6.45, 7) is 2.06. The van der Waals surface area contributed by atoms with Gasteiger partial charge >= 0.3 is 0 Å². The van der Waals surface area contributed by atoms with Gasteiger partial charge in [0, 0.05) is 20.2 Å². The first-order chi connectivity index (χ1) is 23.8. The second-order valence-corrected chi connectivity index (χ2v) is 13.5. The van der Waals surface area contributed by atoms with E-state index in [0.717, 1.165) is 0 Å². The van der Waals surface area contributed by atoms with Gasteiger partial charge in [-0.3, -0.25) is 0 Å². The molecule has 9 rings (SSSR count). The van der Waals surface area contributed by atoms with Crippen LogP contribution in [-0.2, 0) is 0 Å². The first-order valence-corrected chi connectivity index (χ1v) is 17.4. The maximum absolute atomic E-state index is 2.42. The quantitative estimate of drug-likeness (QED) is 0.166. The van der Waals surface area contributed by atoms with Crippen molar-refractivity contribution in [2.24, 2.45) is 0 Å². The van der Waals surface area contributed by atoms with E-state index in [4.69, 9.17) is 0 Å². The Morgan fingerprint density at radius 1 is 0.396 bits per heavy atom. The van der Waals surface area contributed by atoms with E-state index < -0.39 is 0 Å². The second kappa shape index (κ2) is 11.8. The van der Waals surface area contributed by atoms with Crippen LogP contribution >= 0.6 is 11.3 Å². The highest BCUT2D eigenvalue weighted by Gasteiger charge is 2.18. The molecule has 226 valence electrons. The average Bonchev–Trinajstić information content (AvgIpc) is 3.54. The highest BCUT2D eigenvalue weighted by molar-refractivity contribution is 7.26. The molecule has 0 atom stereocenters. The van der Waals surface area contributed by atoms with E-state index in [9.17, 15) is 0 Å². The van der Waals surface area contributed by atoms with Crippen LogP contribution in [0.2, 0.25) is 0 Å². The normalized spacial score (nSPS) is 11.8. The zero-order valence-corrected chi connectivity index (χ0v) is 27.5. The summed E-state index contributed by atoms with van der Waals surface area (Å²) >= 11 is 1.89. The molecule has 0 bridgehead atoms. The summed E-state index contributed by atoms with van der Waals surface area (Å²) in [4.78, 5) is 0. The molecule has 0 fully saturated rings. The Hall–Kier alpha value is -5.76. The van der Waals surface area contributed by atoms with Crippen LogP contribution in [-0.4, -0.2) is 0 Å². The topological polar surface area (TPSA) is 0 Å². The molecule has 0 saturated carbocycles. The van der Waals surface area contributed by atoms with Gasteiger partial charge in [-0.15, -0.1) is 11.3 Å². The Bertz CT molecular complexity index is 2650. The molecule has 48 heavy (non-hydrogen) atoms. The summed E-state index contributed by atoms with van der Waals surface area (Å²) in [5.41, 5.74) is 11.2. The van der Waals surface area contributed by atoms with Crippen molar-refractivity contribution >= 4 is 59.1 Å². The van der Waals surface area contributed by atoms with Crippen LogP contribution in [0.4, 0.5) is 0 Å². The Morgan fingerprint density at radius 2 is 0.958 bits per heavy atom. The van der Waals surface area contributed by atoms with Gasteiger partial charge < -0.3 is 0 Å². The van der Waals surface area contributed by atoms with Crippen molar-refractivity contribution in [1.29, 1.82) is 0 Å². The zero-order valence-electron chi connectivity index (χ0n) is 26.7. The average molecular weight is 629 g/mol. The molecule has 0 unspecified atom stereocenters. The molecule has 0 nitrogen and oxygen atoms in total. The molecule has 1 aromatic heterocycles. The third-order valence-electron chi connectivity index (χ3n) is 9.56. The SMILES string of the molecule is C/C=C\c1ccc(-c2c3ccccc3c(-c3ccccc3)c3cc(-c4cccc(-c5cccc6c5sc5ccccc56)c4)ccc23)cc1. The fourth-order valence-corrected chi connectivity index (χ4v) is 8.62. The first-order valence-electron chi connectivity index (χ1n) is 16.5. The molecule has 8 aromatic carbocycles. The van der Waals surface area contributed by atoms with Crippen LogP contribution in [0.1, 0.15) is 12.5 Å². The summed E-state index contributed by atoms with van der Waals surface area (Å²) in [5, 5.41) is 7.73. The Kier molecular flexibility index (Phi) is 6.99. The molecule has 1 heteroatoms. The van der Waals surface area contributed by atoms with Crippen LogP contribution in [0, 0.1) is 0 Å². The molecule has 0 aliphatic heterocycles. The van der Waals surface area contributed by atoms with Gasteiger partial charge in [0.25, 0.3) is 0 Å². The lowest BCUT2D eigenvalue weighted by atomic mass is 9.84. The molecule has 0 spiro atoms. The molecule has 9 aromatic rings. The Balaban J connectivity index is 1.28. The van der Waals surface area contributed by atoms with E-state index in [1.165, 1.54) is 91.8 Å². The summed E-state index contributed by atoms with van der Waals surface area (Å²) < 4.78 is 2.68. The fourth-order valence-electron chi connectivity index (χ4n) is 7.38. The molecule has 0 saturated heterocycles. The van der Waals surface area contributed by atoms with Crippen molar-refractivity contribution in [2.45, 2.75) is 6.92 Å². The smallest absolute Gasteiger partial charge is 0.0433 e. The van der Waals surface area contributed by atoms with E-state index in [-0.39, 0.29) is 0 Å². The molecule has 0 N–H and O–H groups in total. The van der Waals surface area contributed by atoms with Gasteiger partial charge in [-0.25, -0.2) is 0 Å². The highest BCUT2D eigenvalue weighted by atomic mass is 32.1. The Labute approximate surface area is 284 Å². The van der Waals surface area contributed by atoms with Crippen molar-refractivity contribution in [3.63, 3.8) is 0 Å². The maximum Gasteiger partial charge on any atom is 0.0433 e. The largest absolute Gasteiger partial charge is 0.135 e. The third kappa shape index (κ3) is 4.75. The van der Waals surface area contributed by atoms with Gasteiger partial charge in [0.15, 0.2) is 0 Å². The summed E-state index contributed by atoms with van der Waals surface area (Å²) in [6, 6.07) is 60.4. The van der Waals surface area contributed by atoms with Crippen LogP contribution in [0.15, 0.2) is 170 Å². The van der Waals surface area contributed by atoms with Crippen molar-refractivity contribution in [3.8, 4) is 44.5 Å². The molecule has 0 aliphatic carbocycles. The number of hydrogen-bond donors (Lipinski definition) is 0. The third-order valence-corrected chi connectivity index (χ3v) is 10.8. The number of thiophene rings is 1. The molecule has 0 radical (unpaired) electrons.